The summed E-state index contributed by atoms with van der Waals surface area (Å²) in [5.41, 5.74) is 1.79. The first kappa shape index (κ1) is 12.0. The number of fused-ring (bicyclic) bond motifs is 1. The Kier molecular flexibility index (Phi) is 3.07. The maximum absolute atomic E-state index is 12.5. The van der Waals surface area contributed by atoms with E-state index in [0.717, 1.165) is 43.4 Å². The summed E-state index contributed by atoms with van der Waals surface area (Å²) < 4.78 is 26.6. The third-order valence-corrected chi connectivity index (χ3v) is 6.18. The van der Waals surface area contributed by atoms with Crippen LogP contribution in [0.1, 0.15) is 43.4 Å². The molecule has 0 spiro atoms. The lowest BCUT2D eigenvalue weighted by Gasteiger charge is -2.26. The van der Waals surface area contributed by atoms with Crippen LogP contribution in [0.2, 0.25) is 0 Å². The van der Waals surface area contributed by atoms with Crippen molar-refractivity contribution in [2.45, 2.75) is 50.4 Å². The average Bonchev–Trinajstić information content (AvgIpc) is 2.84. The summed E-state index contributed by atoms with van der Waals surface area (Å²) in [6.45, 7) is 0.853. The van der Waals surface area contributed by atoms with Crippen molar-refractivity contribution in [2.24, 2.45) is 0 Å². The molecule has 0 aromatic carbocycles. The SMILES string of the molecule is O=S(=O)(C1CCCCC1)N1Cc2cncnc2C1. The van der Waals surface area contributed by atoms with Crippen molar-refractivity contribution in [3.05, 3.63) is 23.8 Å². The summed E-state index contributed by atoms with van der Waals surface area (Å²) in [5, 5.41) is -0.187. The van der Waals surface area contributed by atoms with E-state index in [4.69, 9.17) is 0 Å². The Morgan fingerprint density at radius 2 is 1.94 bits per heavy atom. The van der Waals surface area contributed by atoms with E-state index in [0.29, 0.717) is 13.1 Å². The molecule has 0 atom stereocenters. The number of hydrogen-bond donors (Lipinski definition) is 0. The highest BCUT2D eigenvalue weighted by atomic mass is 32.2. The Hall–Kier alpha value is -1.01. The van der Waals surface area contributed by atoms with Crippen molar-refractivity contribution in [3.8, 4) is 0 Å². The van der Waals surface area contributed by atoms with Crippen LogP contribution in [0, 0.1) is 0 Å². The van der Waals surface area contributed by atoms with Gasteiger partial charge in [-0.1, -0.05) is 19.3 Å². The predicted octanol–water partition coefficient (Wildman–Crippen LogP) is 1.45. The van der Waals surface area contributed by atoms with Gasteiger partial charge in [-0.3, -0.25) is 0 Å². The molecule has 5 nitrogen and oxygen atoms in total. The number of sulfonamides is 1. The smallest absolute Gasteiger partial charge is 0.217 e. The van der Waals surface area contributed by atoms with E-state index in [1.165, 1.54) is 6.33 Å². The quantitative estimate of drug-likeness (QED) is 0.813. The van der Waals surface area contributed by atoms with E-state index in [1.54, 1.807) is 10.5 Å². The van der Waals surface area contributed by atoms with E-state index in [9.17, 15) is 8.42 Å². The van der Waals surface area contributed by atoms with Gasteiger partial charge in [-0.25, -0.2) is 18.4 Å². The minimum Gasteiger partial charge on any atom is -0.244 e. The van der Waals surface area contributed by atoms with Crippen LogP contribution in [0.4, 0.5) is 0 Å². The molecule has 2 aliphatic rings. The van der Waals surface area contributed by atoms with E-state index in [2.05, 4.69) is 9.97 Å². The van der Waals surface area contributed by atoms with Crippen LogP contribution in [-0.2, 0) is 23.1 Å². The van der Waals surface area contributed by atoms with Crippen molar-refractivity contribution < 1.29 is 8.42 Å². The summed E-state index contributed by atoms with van der Waals surface area (Å²) in [6, 6.07) is 0. The van der Waals surface area contributed by atoms with Crippen LogP contribution < -0.4 is 0 Å². The second kappa shape index (κ2) is 4.59. The highest BCUT2D eigenvalue weighted by molar-refractivity contribution is 7.89. The van der Waals surface area contributed by atoms with Gasteiger partial charge in [-0.15, -0.1) is 0 Å². The second-order valence-electron chi connectivity index (χ2n) is 5.07. The second-order valence-corrected chi connectivity index (χ2v) is 7.28. The lowest BCUT2D eigenvalue weighted by atomic mass is 10.0. The molecule has 2 heterocycles. The molecule has 18 heavy (non-hydrogen) atoms. The van der Waals surface area contributed by atoms with Gasteiger partial charge in [0.15, 0.2) is 0 Å². The van der Waals surface area contributed by atoms with Gasteiger partial charge in [0.2, 0.25) is 10.0 Å². The average molecular weight is 267 g/mol. The lowest BCUT2D eigenvalue weighted by molar-refractivity contribution is 0.398. The highest BCUT2D eigenvalue weighted by Gasteiger charge is 2.36. The van der Waals surface area contributed by atoms with Gasteiger partial charge in [0.1, 0.15) is 6.33 Å². The van der Waals surface area contributed by atoms with Gasteiger partial charge in [-0.2, -0.15) is 4.31 Å². The predicted molar refractivity (Wildman–Crippen MR) is 67.1 cm³/mol. The van der Waals surface area contributed by atoms with Crippen molar-refractivity contribution in [3.63, 3.8) is 0 Å². The zero-order valence-corrected chi connectivity index (χ0v) is 11.1. The molecule has 0 saturated heterocycles. The van der Waals surface area contributed by atoms with Crippen LogP contribution in [0.3, 0.4) is 0 Å². The van der Waals surface area contributed by atoms with E-state index >= 15 is 0 Å². The number of aromatic nitrogens is 2. The summed E-state index contributed by atoms with van der Waals surface area (Å²) in [4.78, 5) is 8.10. The zero-order valence-electron chi connectivity index (χ0n) is 10.2. The molecule has 1 saturated carbocycles. The van der Waals surface area contributed by atoms with Gasteiger partial charge in [-0.05, 0) is 12.8 Å². The molecule has 1 aliphatic heterocycles. The first-order valence-electron chi connectivity index (χ1n) is 6.44. The molecule has 0 radical (unpaired) electrons. The summed E-state index contributed by atoms with van der Waals surface area (Å²) in [6.07, 6.45) is 8.04. The maximum atomic E-state index is 12.5. The monoisotopic (exact) mass is 267 g/mol. The van der Waals surface area contributed by atoms with Crippen LogP contribution in [-0.4, -0.2) is 27.9 Å². The molecular formula is C12H17N3O2S. The van der Waals surface area contributed by atoms with Crippen LogP contribution >= 0.6 is 0 Å². The summed E-state index contributed by atoms with van der Waals surface area (Å²) >= 11 is 0. The normalized spacial score (nSPS) is 22.0. The van der Waals surface area contributed by atoms with Crippen molar-refractivity contribution >= 4 is 10.0 Å². The highest BCUT2D eigenvalue weighted by Crippen LogP contribution is 2.30. The molecule has 98 valence electrons. The van der Waals surface area contributed by atoms with E-state index in [-0.39, 0.29) is 5.25 Å². The fraction of sp³-hybridized carbons (Fsp3) is 0.667. The number of rotatable bonds is 2. The van der Waals surface area contributed by atoms with Crippen molar-refractivity contribution in [1.82, 2.24) is 14.3 Å². The molecule has 0 amide bonds. The van der Waals surface area contributed by atoms with Gasteiger partial charge in [0.05, 0.1) is 17.5 Å². The Labute approximate surface area is 107 Å². The Bertz CT molecular complexity index is 513. The largest absolute Gasteiger partial charge is 0.244 e. The van der Waals surface area contributed by atoms with Gasteiger partial charge in [0.25, 0.3) is 0 Å². The van der Waals surface area contributed by atoms with Crippen LogP contribution in [0.25, 0.3) is 0 Å². The van der Waals surface area contributed by atoms with Crippen LogP contribution in [0.15, 0.2) is 12.5 Å². The Balaban J connectivity index is 1.80. The molecule has 6 heteroatoms. The number of nitrogens with zero attached hydrogens (tertiary/aromatic N) is 3. The van der Waals surface area contributed by atoms with Gasteiger partial charge < -0.3 is 0 Å². The molecule has 1 aromatic heterocycles. The minimum atomic E-state index is -3.16. The molecule has 1 aliphatic carbocycles. The molecule has 3 rings (SSSR count). The van der Waals surface area contributed by atoms with E-state index < -0.39 is 10.0 Å². The van der Waals surface area contributed by atoms with Crippen molar-refractivity contribution in [1.29, 1.82) is 0 Å². The fourth-order valence-corrected chi connectivity index (χ4v) is 4.80. The third kappa shape index (κ3) is 2.03. The van der Waals surface area contributed by atoms with Gasteiger partial charge in [0, 0.05) is 18.3 Å². The van der Waals surface area contributed by atoms with Gasteiger partial charge >= 0.3 is 0 Å². The summed E-state index contributed by atoms with van der Waals surface area (Å²) in [5.74, 6) is 0. The Morgan fingerprint density at radius 3 is 2.67 bits per heavy atom. The maximum Gasteiger partial charge on any atom is 0.217 e. The molecule has 1 fully saturated rings. The van der Waals surface area contributed by atoms with Crippen LogP contribution in [0.5, 0.6) is 0 Å². The molecular weight excluding hydrogens is 250 g/mol. The molecule has 0 unspecified atom stereocenters. The van der Waals surface area contributed by atoms with E-state index in [1.807, 2.05) is 0 Å². The topological polar surface area (TPSA) is 63.2 Å². The standard InChI is InChI=1S/C12H17N3O2S/c16-18(17,11-4-2-1-3-5-11)15-7-10-6-13-9-14-12(10)8-15/h6,9,11H,1-5,7-8H2. The molecule has 1 aromatic rings. The third-order valence-electron chi connectivity index (χ3n) is 3.89. The zero-order chi connectivity index (χ0) is 12.6. The fourth-order valence-electron chi connectivity index (χ4n) is 2.82. The Morgan fingerprint density at radius 1 is 1.17 bits per heavy atom. The molecule has 0 N–H and O–H groups in total. The van der Waals surface area contributed by atoms with Crippen molar-refractivity contribution in [2.75, 3.05) is 0 Å². The number of hydrogen-bond acceptors (Lipinski definition) is 4. The minimum absolute atomic E-state index is 0.187. The first-order valence-corrected chi connectivity index (χ1v) is 7.95. The summed E-state index contributed by atoms with van der Waals surface area (Å²) in [7, 11) is -3.16. The molecule has 0 bridgehead atoms. The lowest BCUT2D eigenvalue weighted by Crippen LogP contribution is -2.36. The first-order chi connectivity index (χ1) is 8.68.